The van der Waals surface area contributed by atoms with Crippen LogP contribution < -0.4 is 20.1 Å². The molecule has 1 unspecified atom stereocenters. The molecule has 1 saturated heterocycles. The molecular weight excluding hydrogens is 436 g/mol. The Kier molecular flexibility index (Phi) is 6.44. The van der Waals surface area contributed by atoms with Gasteiger partial charge in [0.2, 0.25) is 5.91 Å². The summed E-state index contributed by atoms with van der Waals surface area (Å²) in [5, 5.41) is 5.39. The molecule has 0 radical (unpaired) electrons. The Labute approximate surface area is 196 Å². The number of carbonyl (C=O) groups is 3. The van der Waals surface area contributed by atoms with E-state index in [1.54, 1.807) is 61.8 Å². The molecule has 174 valence electrons. The van der Waals surface area contributed by atoms with Crippen LogP contribution >= 0.6 is 0 Å². The van der Waals surface area contributed by atoms with Crippen molar-refractivity contribution >= 4 is 23.5 Å². The molecule has 9 nitrogen and oxygen atoms in total. The SMILES string of the molecule is COc1ccc(NC(=O)CN2C(=O)NC(C)(c3ccccc3)C2=O)cc1OCc1cccnc1. The molecule has 0 aliphatic carbocycles. The first-order chi connectivity index (χ1) is 16.4. The molecule has 4 rings (SSSR count). The molecule has 1 fully saturated rings. The van der Waals surface area contributed by atoms with E-state index >= 15 is 0 Å². The van der Waals surface area contributed by atoms with Crippen LogP contribution in [-0.2, 0) is 21.7 Å². The Morgan fingerprint density at radius 1 is 1.09 bits per heavy atom. The van der Waals surface area contributed by atoms with E-state index < -0.39 is 29.9 Å². The highest BCUT2D eigenvalue weighted by atomic mass is 16.5. The minimum Gasteiger partial charge on any atom is -0.493 e. The third-order valence-corrected chi connectivity index (χ3v) is 5.49. The smallest absolute Gasteiger partial charge is 0.325 e. The topological polar surface area (TPSA) is 110 Å². The molecule has 2 N–H and O–H groups in total. The molecule has 1 aliphatic heterocycles. The lowest BCUT2D eigenvalue weighted by atomic mass is 9.92. The molecule has 3 aromatic rings. The maximum atomic E-state index is 13.0. The largest absolute Gasteiger partial charge is 0.493 e. The summed E-state index contributed by atoms with van der Waals surface area (Å²) >= 11 is 0. The lowest BCUT2D eigenvalue weighted by Crippen LogP contribution is -2.42. The van der Waals surface area contributed by atoms with Gasteiger partial charge in [-0.25, -0.2) is 4.79 Å². The van der Waals surface area contributed by atoms with E-state index in [0.29, 0.717) is 22.7 Å². The number of carbonyl (C=O) groups excluding carboxylic acids is 3. The van der Waals surface area contributed by atoms with E-state index in [0.717, 1.165) is 10.5 Å². The molecule has 1 aromatic heterocycles. The van der Waals surface area contributed by atoms with Crippen LogP contribution in [0.15, 0.2) is 73.1 Å². The summed E-state index contributed by atoms with van der Waals surface area (Å²) in [4.78, 5) is 43.1. The molecule has 9 heteroatoms. The fourth-order valence-electron chi connectivity index (χ4n) is 3.66. The molecule has 2 heterocycles. The average molecular weight is 460 g/mol. The van der Waals surface area contributed by atoms with Crippen LogP contribution in [-0.4, -0.2) is 41.4 Å². The summed E-state index contributed by atoms with van der Waals surface area (Å²) in [5.41, 5.74) is 0.720. The van der Waals surface area contributed by atoms with Gasteiger partial charge in [-0.2, -0.15) is 0 Å². The van der Waals surface area contributed by atoms with Crippen LogP contribution in [0.25, 0.3) is 0 Å². The Morgan fingerprint density at radius 3 is 2.59 bits per heavy atom. The van der Waals surface area contributed by atoms with E-state index in [1.807, 2.05) is 18.2 Å². The summed E-state index contributed by atoms with van der Waals surface area (Å²) in [5.74, 6) is -0.0938. The normalized spacial score (nSPS) is 17.3. The van der Waals surface area contributed by atoms with Crippen molar-refractivity contribution in [2.24, 2.45) is 0 Å². The summed E-state index contributed by atoms with van der Waals surface area (Å²) in [6.07, 6.45) is 3.37. The highest BCUT2D eigenvalue weighted by molar-refractivity contribution is 6.10. The quantitative estimate of drug-likeness (QED) is 0.500. The van der Waals surface area contributed by atoms with Gasteiger partial charge in [0.05, 0.1) is 7.11 Å². The zero-order valence-corrected chi connectivity index (χ0v) is 18.8. The van der Waals surface area contributed by atoms with Gasteiger partial charge in [-0.1, -0.05) is 36.4 Å². The minimum absolute atomic E-state index is 0.266. The first-order valence-electron chi connectivity index (χ1n) is 10.6. The molecule has 2 aromatic carbocycles. The van der Waals surface area contributed by atoms with E-state index in [2.05, 4.69) is 15.6 Å². The van der Waals surface area contributed by atoms with Crippen LogP contribution in [0.4, 0.5) is 10.5 Å². The summed E-state index contributed by atoms with van der Waals surface area (Å²) in [6, 6.07) is 16.9. The van der Waals surface area contributed by atoms with Crippen molar-refractivity contribution in [3.63, 3.8) is 0 Å². The first-order valence-corrected chi connectivity index (χ1v) is 10.6. The number of anilines is 1. The van der Waals surface area contributed by atoms with Crippen LogP contribution in [0.2, 0.25) is 0 Å². The standard InChI is InChI=1S/C25H24N4O5/c1-25(18-8-4-3-5-9-18)23(31)29(24(32)28-25)15-22(30)27-19-10-11-20(33-2)21(13-19)34-16-17-7-6-12-26-14-17/h3-14H,15-16H2,1-2H3,(H,27,30)(H,28,32). The number of methoxy groups -OCH3 is 1. The van der Waals surface area contributed by atoms with E-state index in [9.17, 15) is 14.4 Å². The number of aromatic nitrogens is 1. The highest BCUT2D eigenvalue weighted by Gasteiger charge is 2.49. The number of hydrogen-bond acceptors (Lipinski definition) is 6. The predicted molar refractivity (Wildman–Crippen MR) is 124 cm³/mol. The molecule has 0 saturated carbocycles. The number of nitrogens with one attached hydrogen (secondary N) is 2. The maximum Gasteiger partial charge on any atom is 0.325 e. The molecule has 0 bridgehead atoms. The molecule has 0 spiro atoms. The molecule has 1 atom stereocenters. The summed E-state index contributed by atoms with van der Waals surface area (Å²) < 4.78 is 11.2. The lowest BCUT2D eigenvalue weighted by molar-refractivity contribution is -0.133. The van der Waals surface area contributed by atoms with Crippen molar-refractivity contribution in [2.75, 3.05) is 19.0 Å². The Bertz CT molecular complexity index is 1200. The molecule has 4 amide bonds. The Morgan fingerprint density at radius 2 is 1.88 bits per heavy atom. The van der Waals surface area contributed by atoms with Gasteiger partial charge in [0.25, 0.3) is 5.91 Å². The third kappa shape index (κ3) is 4.68. The summed E-state index contributed by atoms with van der Waals surface area (Å²) in [6.45, 7) is 1.46. The van der Waals surface area contributed by atoms with Crippen molar-refractivity contribution in [2.45, 2.75) is 19.1 Å². The number of imide groups is 1. The number of ether oxygens (including phenoxy) is 2. The average Bonchev–Trinajstić information content (AvgIpc) is 3.08. The van der Waals surface area contributed by atoms with Gasteiger partial charge in [-0.15, -0.1) is 0 Å². The number of rotatable bonds is 8. The van der Waals surface area contributed by atoms with E-state index in [4.69, 9.17) is 9.47 Å². The molecular formula is C25H24N4O5. The van der Waals surface area contributed by atoms with E-state index in [-0.39, 0.29) is 6.61 Å². The van der Waals surface area contributed by atoms with Crippen molar-refractivity contribution < 1.29 is 23.9 Å². The van der Waals surface area contributed by atoms with Crippen LogP contribution in [0.3, 0.4) is 0 Å². The van der Waals surface area contributed by atoms with Crippen molar-refractivity contribution in [1.82, 2.24) is 15.2 Å². The van der Waals surface area contributed by atoms with Crippen LogP contribution in [0.1, 0.15) is 18.1 Å². The number of amides is 4. The van der Waals surface area contributed by atoms with Crippen LogP contribution in [0, 0.1) is 0 Å². The third-order valence-electron chi connectivity index (χ3n) is 5.49. The van der Waals surface area contributed by atoms with Gasteiger partial charge in [-0.05, 0) is 30.7 Å². The van der Waals surface area contributed by atoms with Gasteiger partial charge in [0.15, 0.2) is 11.5 Å². The van der Waals surface area contributed by atoms with Crippen molar-refractivity contribution in [3.05, 3.63) is 84.2 Å². The van der Waals surface area contributed by atoms with Gasteiger partial charge in [0.1, 0.15) is 18.7 Å². The number of nitrogens with zero attached hydrogens (tertiary/aromatic N) is 2. The van der Waals surface area contributed by atoms with Gasteiger partial charge in [0, 0.05) is 29.7 Å². The monoisotopic (exact) mass is 460 g/mol. The molecule has 1 aliphatic rings. The number of urea groups is 1. The van der Waals surface area contributed by atoms with Gasteiger partial charge in [-0.3, -0.25) is 19.5 Å². The first kappa shape index (κ1) is 22.8. The second-order valence-electron chi connectivity index (χ2n) is 7.88. The van der Waals surface area contributed by atoms with Crippen LogP contribution in [0.5, 0.6) is 11.5 Å². The number of pyridine rings is 1. The second-order valence-corrected chi connectivity index (χ2v) is 7.88. The fraction of sp³-hybridized carbons (Fsp3) is 0.200. The second kappa shape index (κ2) is 9.62. The van der Waals surface area contributed by atoms with Crippen molar-refractivity contribution in [3.8, 4) is 11.5 Å². The fourth-order valence-corrected chi connectivity index (χ4v) is 3.66. The number of benzene rings is 2. The molecule has 34 heavy (non-hydrogen) atoms. The summed E-state index contributed by atoms with van der Waals surface area (Å²) in [7, 11) is 1.52. The Hall–Kier alpha value is -4.40. The minimum atomic E-state index is -1.23. The maximum absolute atomic E-state index is 13.0. The number of hydrogen-bond donors (Lipinski definition) is 2. The van der Waals surface area contributed by atoms with Gasteiger partial charge >= 0.3 is 6.03 Å². The zero-order chi connectivity index (χ0) is 24.1. The van der Waals surface area contributed by atoms with E-state index in [1.165, 1.54) is 7.11 Å². The van der Waals surface area contributed by atoms with Gasteiger partial charge < -0.3 is 20.1 Å². The highest BCUT2D eigenvalue weighted by Crippen LogP contribution is 2.31. The van der Waals surface area contributed by atoms with Crippen molar-refractivity contribution in [1.29, 1.82) is 0 Å². The lowest BCUT2D eigenvalue weighted by Gasteiger charge is -2.22. The zero-order valence-electron chi connectivity index (χ0n) is 18.8. The predicted octanol–water partition coefficient (Wildman–Crippen LogP) is 3.07. The Balaban J connectivity index is 1.43.